The third kappa shape index (κ3) is 2.27. The Hall–Kier alpha value is -0.450. The summed E-state index contributed by atoms with van der Waals surface area (Å²) in [5, 5.41) is 4.61. The normalized spacial score (nSPS) is 27.8. The van der Waals surface area contributed by atoms with Gasteiger partial charge >= 0.3 is 0 Å². The number of carbonyl (C=O) groups excluding carboxylic acids is 1. The van der Waals surface area contributed by atoms with Gasteiger partial charge in [0, 0.05) is 39.0 Å². The van der Waals surface area contributed by atoms with Gasteiger partial charge in [-0.05, 0) is 0 Å². The second kappa shape index (κ2) is 4.17. The van der Waals surface area contributed by atoms with Crippen LogP contribution in [0.4, 0.5) is 0 Å². The molecule has 2 rings (SSSR count). The van der Waals surface area contributed by atoms with Crippen molar-refractivity contribution < 1.29 is 9.53 Å². The fourth-order valence-electron chi connectivity index (χ4n) is 1.86. The molecule has 2 aliphatic heterocycles. The third-order valence-corrected chi connectivity index (χ3v) is 2.68. The van der Waals surface area contributed by atoms with Crippen LogP contribution in [-0.2, 0) is 9.53 Å². The van der Waals surface area contributed by atoms with Crippen molar-refractivity contribution >= 4 is 5.78 Å². The van der Waals surface area contributed by atoms with Crippen molar-refractivity contribution in [2.45, 2.75) is 12.8 Å². The first-order valence-corrected chi connectivity index (χ1v) is 4.95. The second-order valence-corrected chi connectivity index (χ2v) is 3.56. The minimum absolute atomic E-state index is 0.407. The minimum atomic E-state index is 0.407. The second-order valence-electron chi connectivity index (χ2n) is 3.56. The Bertz CT molecular complexity index is 180. The molecule has 13 heavy (non-hydrogen) atoms. The lowest BCUT2D eigenvalue weighted by molar-refractivity contribution is -0.132. The average Bonchev–Trinajstić information content (AvgIpc) is 2.20. The van der Waals surface area contributed by atoms with E-state index in [4.69, 9.17) is 4.74 Å². The van der Waals surface area contributed by atoms with Crippen LogP contribution < -0.4 is 0 Å². The monoisotopic (exact) mass is 184 g/mol. The van der Waals surface area contributed by atoms with Crippen LogP contribution in [0.15, 0.2) is 0 Å². The molecule has 0 atom stereocenters. The number of hydrazine groups is 1. The summed E-state index contributed by atoms with van der Waals surface area (Å²) in [6, 6.07) is 0. The van der Waals surface area contributed by atoms with Crippen molar-refractivity contribution in [1.29, 1.82) is 0 Å². The molecule has 0 amide bonds. The Morgan fingerprint density at radius 1 is 0.923 bits per heavy atom. The molecule has 2 fully saturated rings. The lowest BCUT2D eigenvalue weighted by atomic mass is 10.1. The van der Waals surface area contributed by atoms with Gasteiger partial charge in [0.15, 0.2) is 0 Å². The summed E-state index contributed by atoms with van der Waals surface area (Å²) < 4.78 is 5.28. The van der Waals surface area contributed by atoms with Gasteiger partial charge in [-0.25, -0.2) is 10.0 Å². The van der Waals surface area contributed by atoms with Gasteiger partial charge in [0.25, 0.3) is 0 Å². The SMILES string of the molecule is O=C1CCN(N2CCOCC2)CC1. The summed E-state index contributed by atoms with van der Waals surface area (Å²) in [6.45, 7) is 5.41. The number of rotatable bonds is 1. The third-order valence-electron chi connectivity index (χ3n) is 2.68. The molecular formula is C9H16N2O2. The summed E-state index contributed by atoms with van der Waals surface area (Å²) in [5.41, 5.74) is 0. The van der Waals surface area contributed by atoms with Gasteiger partial charge in [0.1, 0.15) is 5.78 Å². The lowest BCUT2D eigenvalue weighted by Gasteiger charge is -2.38. The van der Waals surface area contributed by atoms with E-state index in [0.29, 0.717) is 5.78 Å². The lowest BCUT2D eigenvalue weighted by Crippen LogP contribution is -2.51. The van der Waals surface area contributed by atoms with Crippen LogP contribution in [0.5, 0.6) is 0 Å². The summed E-state index contributed by atoms with van der Waals surface area (Å²) in [4.78, 5) is 11.0. The highest BCUT2D eigenvalue weighted by Gasteiger charge is 2.22. The van der Waals surface area contributed by atoms with Crippen molar-refractivity contribution in [3.63, 3.8) is 0 Å². The van der Waals surface area contributed by atoms with Gasteiger partial charge in [-0.15, -0.1) is 0 Å². The van der Waals surface area contributed by atoms with Gasteiger partial charge in [0.2, 0.25) is 0 Å². The van der Waals surface area contributed by atoms with E-state index in [2.05, 4.69) is 10.0 Å². The Balaban J connectivity index is 1.82. The summed E-state index contributed by atoms with van der Waals surface area (Å²) >= 11 is 0. The summed E-state index contributed by atoms with van der Waals surface area (Å²) in [6.07, 6.45) is 1.44. The van der Waals surface area contributed by atoms with Crippen LogP contribution in [0.25, 0.3) is 0 Å². The van der Waals surface area contributed by atoms with Crippen molar-refractivity contribution in [3.05, 3.63) is 0 Å². The van der Waals surface area contributed by atoms with Gasteiger partial charge in [0.05, 0.1) is 13.2 Å². The number of nitrogens with zero attached hydrogens (tertiary/aromatic N) is 2. The zero-order valence-electron chi connectivity index (χ0n) is 7.87. The molecule has 2 saturated heterocycles. The molecule has 0 aromatic rings. The van der Waals surface area contributed by atoms with Gasteiger partial charge in [-0.2, -0.15) is 0 Å². The Kier molecular flexibility index (Phi) is 2.93. The first-order valence-electron chi connectivity index (χ1n) is 4.95. The molecule has 0 N–H and O–H groups in total. The zero-order valence-corrected chi connectivity index (χ0v) is 7.87. The smallest absolute Gasteiger partial charge is 0.135 e. The first kappa shape index (κ1) is 9.12. The molecule has 2 heterocycles. The maximum atomic E-state index is 11.0. The molecule has 2 aliphatic rings. The van der Waals surface area contributed by atoms with Crippen LogP contribution in [0, 0.1) is 0 Å². The fourth-order valence-corrected chi connectivity index (χ4v) is 1.86. The van der Waals surface area contributed by atoms with Gasteiger partial charge in [-0.1, -0.05) is 0 Å². The van der Waals surface area contributed by atoms with Gasteiger partial charge < -0.3 is 4.74 Å². The fraction of sp³-hybridized carbons (Fsp3) is 0.889. The van der Waals surface area contributed by atoms with E-state index in [1.165, 1.54) is 0 Å². The Morgan fingerprint density at radius 3 is 2.08 bits per heavy atom. The molecular weight excluding hydrogens is 168 g/mol. The summed E-state index contributed by atoms with van der Waals surface area (Å²) in [5.74, 6) is 0.407. The van der Waals surface area contributed by atoms with Crippen molar-refractivity contribution in [2.75, 3.05) is 39.4 Å². The van der Waals surface area contributed by atoms with Crippen molar-refractivity contribution in [2.24, 2.45) is 0 Å². The van der Waals surface area contributed by atoms with Crippen LogP contribution in [0.3, 0.4) is 0 Å². The molecule has 0 spiro atoms. The number of Topliss-reactive ketones (excluding diaryl/α,β-unsaturated/α-hetero) is 1. The molecule has 0 aromatic carbocycles. The number of piperidine rings is 1. The van der Waals surface area contributed by atoms with E-state index in [-0.39, 0.29) is 0 Å². The van der Waals surface area contributed by atoms with Crippen LogP contribution in [0.2, 0.25) is 0 Å². The quantitative estimate of drug-likeness (QED) is 0.569. The number of ketones is 1. The van der Waals surface area contributed by atoms with Crippen LogP contribution >= 0.6 is 0 Å². The molecule has 0 bridgehead atoms. The number of carbonyl (C=O) groups is 1. The molecule has 0 unspecified atom stereocenters. The highest BCUT2D eigenvalue weighted by Crippen LogP contribution is 2.10. The van der Waals surface area contributed by atoms with E-state index in [0.717, 1.165) is 52.2 Å². The standard InChI is InChI=1S/C9H16N2O2/c12-9-1-3-10(4-2-9)11-5-7-13-8-6-11/h1-8H2. The number of morpholine rings is 1. The number of hydrogen-bond acceptors (Lipinski definition) is 4. The predicted octanol–water partition coefficient (Wildman–Crippen LogP) is -0.102. The van der Waals surface area contributed by atoms with Crippen LogP contribution in [-0.4, -0.2) is 55.2 Å². The zero-order chi connectivity index (χ0) is 9.10. The maximum Gasteiger partial charge on any atom is 0.135 e. The molecule has 4 nitrogen and oxygen atoms in total. The highest BCUT2D eigenvalue weighted by molar-refractivity contribution is 5.79. The largest absolute Gasteiger partial charge is 0.379 e. The topological polar surface area (TPSA) is 32.8 Å². The van der Waals surface area contributed by atoms with E-state index in [1.54, 1.807) is 0 Å². The number of hydrogen-bond donors (Lipinski definition) is 0. The van der Waals surface area contributed by atoms with Crippen LogP contribution in [0.1, 0.15) is 12.8 Å². The molecule has 4 heteroatoms. The molecule has 0 saturated carbocycles. The summed E-state index contributed by atoms with van der Waals surface area (Å²) in [7, 11) is 0. The minimum Gasteiger partial charge on any atom is -0.379 e. The first-order chi connectivity index (χ1) is 6.36. The molecule has 0 aliphatic carbocycles. The molecule has 74 valence electrons. The highest BCUT2D eigenvalue weighted by atomic mass is 16.5. The molecule has 0 aromatic heterocycles. The average molecular weight is 184 g/mol. The van der Waals surface area contributed by atoms with E-state index in [9.17, 15) is 4.79 Å². The predicted molar refractivity (Wildman–Crippen MR) is 48.2 cm³/mol. The van der Waals surface area contributed by atoms with E-state index in [1.807, 2.05) is 0 Å². The maximum absolute atomic E-state index is 11.0. The van der Waals surface area contributed by atoms with E-state index < -0.39 is 0 Å². The van der Waals surface area contributed by atoms with Crippen molar-refractivity contribution in [3.8, 4) is 0 Å². The van der Waals surface area contributed by atoms with Gasteiger partial charge in [-0.3, -0.25) is 4.79 Å². The van der Waals surface area contributed by atoms with Crippen molar-refractivity contribution in [1.82, 2.24) is 10.0 Å². The van der Waals surface area contributed by atoms with E-state index >= 15 is 0 Å². The molecule has 0 radical (unpaired) electrons. The Morgan fingerprint density at radius 2 is 1.46 bits per heavy atom. The Labute approximate surface area is 78.4 Å². The number of ether oxygens (including phenoxy) is 1.